The lowest BCUT2D eigenvalue weighted by molar-refractivity contribution is -0.141. The minimum absolute atomic E-state index is 0.0631. The van der Waals surface area contributed by atoms with Crippen LogP contribution in [0.1, 0.15) is 13.3 Å². The van der Waals surface area contributed by atoms with Crippen molar-refractivity contribution in [1.29, 1.82) is 0 Å². The number of carboxylic acid groups (broad SMARTS) is 1. The number of methoxy groups -OCH3 is 1. The lowest BCUT2D eigenvalue weighted by Gasteiger charge is -2.25. The average Bonchev–Trinajstić information content (AvgIpc) is 2.87. The number of carboxylic acids is 1. The van der Waals surface area contributed by atoms with Gasteiger partial charge >= 0.3 is 5.97 Å². The zero-order valence-corrected chi connectivity index (χ0v) is 12.1. The predicted molar refractivity (Wildman–Crippen MR) is 80.8 cm³/mol. The number of anilines is 1. The van der Waals surface area contributed by atoms with Crippen LogP contribution in [0.5, 0.6) is 5.75 Å². The summed E-state index contributed by atoms with van der Waals surface area (Å²) < 4.78 is 5.29. The van der Waals surface area contributed by atoms with E-state index in [1.54, 1.807) is 13.3 Å². The maximum absolute atomic E-state index is 11.3. The molecule has 5 nitrogen and oxygen atoms in total. The SMILES string of the molecule is COc1ccc2ccnc(N3CCC(C(=O)O)C3C)c2c1. The molecule has 0 bridgehead atoms. The lowest BCUT2D eigenvalue weighted by atomic mass is 10.0. The molecule has 2 atom stereocenters. The molecular weight excluding hydrogens is 268 g/mol. The van der Waals surface area contributed by atoms with E-state index in [0.717, 1.165) is 22.3 Å². The second kappa shape index (κ2) is 5.24. The summed E-state index contributed by atoms with van der Waals surface area (Å²) in [7, 11) is 1.64. The van der Waals surface area contributed by atoms with Crippen molar-refractivity contribution >= 4 is 22.6 Å². The first-order valence-electron chi connectivity index (χ1n) is 7.04. The second-order valence-electron chi connectivity index (χ2n) is 5.39. The van der Waals surface area contributed by atoms with Crippen molar-refractivity contribution in [2.75, 3.05) is 18.6 Å². The molecule has 2 heterocycles. The number of hydrogen-bond acceptors (Lipinski definition) is 4. The third kappa shape index (κ3) is 2.28. The van der Waals surface area contributed by atoms with E-state index in [4.69, 9.17) is 4.74 Å². The number of ether oxygens (including phenoxy) is 1. The van der Waals surface area contributed by atoms with Crippen LogP contribution in [0.4, 0.5) is 5.82 Å². The van der Waals surface area contributed by atoms with Crippen LogP contribution >= 0.6 is 0 Å². The Morgan fingerprint density at radius 1 is 1.43 bits per heavy atom. The maximum atomic E-state index is 11.3. The summed E-state index contributed by atoms with van der Waals surface area (Å²) >= 11 is 0. The Bertz CT molecular complexity index is 686. The molecule has 0 saturated carbocycles. The van der Waals surface area contributed by atoms with Gasteiger partial charge in [-0.15, -0.1) is 0 Å². The molecule has 1 fully saturated rings. The molecule has 1 aliphatic heterocycles. The highest BCUT2D eigenvalue weighted by Crippen LogP contribution is 2.34. The number of aliphatic carboxylic acids is 1. The summed E-state index contributed by atoms with van der Waals surface area (Å²) in [6.45, 7) is 2.66. The highest BCUT2D eigenvalue weighted by molar-refractivity contribution is 5.93. The van der Waals surface area contributed by atoms with Crippen LogP contribution < -0.4 is 9.64 Å². The van der Waals surface area contributed by atoms with Gasteiger partial charge < -0.3 is 14.7 Å². The summed E-state index contributed by atoms with van der Waals surface area (Å²) in [4.78, 5) is 17.9. The number of rotatable bonds is 3. The number of carbonyl (C=O) groups is 1. The highest BCUT2D eigenvalue weighted by atomic mass is 16.5. The summed E-state index contributed by atoms with van der Waals surface area (Å²) in [5.41, 5.74) is 0. The van der Waals surface area contributed by atoms with Crippen molar-refractivity contribution in [2.24, 2.45) is 5.92 Å². The Labute approximate surface area is 123 Å². The van der Waals surface area contributed by atoms with Gasteiger partial charge in [0.15, 0.2) is 0 Å². The molecule has 110 valence electrons. The van der Waals surface area contributed by atoms with Crippen molar-refractivity contribution < 1.29 is 14.6 Å². The lowest BCUT2D eigenvalue weighted by Crippen LogP contribution is -2.33. The van der Waals surface area contributed by atoms with E-state index in [-0.39, 0.29) is 12.0 Å². The van der Waals surface area contributed by atoms with E-state index in [1.807, 2.05) is 31.2 Å². The van der Waals surface area contributed by atoms with E-state index in [0.29, 0.717) is 13.0 Å². The molecule has 0 spiro atoms. The van der Waals surface area contributed by atoms with Gasteiger partial charge in [0.1, 0.15) is 11.6 Å². The van der Waals surface area contributed by atoms with Crippen LogP contribution in [0.25, 0.3) is 10.8 Å². The molecule has 1 N–H and O–H groups in total. The average molecular weight is 286 g/mol. The Morgan fingerprint density at radius 3 is 2.90 bits per heavy atom. The van der Waals surface area contributed by atoms with E-state index >= 15 is 0 Å². The number of nitrogens with zero attached hydrogens (tertiary/aromatic N) is 2. The molecular formula is C16H18N2O3. The Hall–Kier alpha value is -2.30. The summed E-state index contributed by atoms with van der Waals surface area (Å²) in [5, 5.41) is 11.3. The van der Waals surface area contributed by atoms with Gasteiger partial charge in [-0.05, 0) is 36.9 Å². The van der Waals surface area contributed by atoms with Crippen molar-refractivity contribution in [2.45, 2.75) is 19.4 Å². The van der Waals surface area contributed by atoms with Gasteiger partial charge in [-0.3, -0.25) is 4.79 Å². The predicted octanol–water partition coefficient (Wildman–Crippen LogP) is 2.54. The smallest absolute Gasteiger partial charge is 0.308 e. The zero-order valence-electron chi connectivity index (χ0n) is 12.1. The molecule has 0 aliphatic carbocycles. The number of fused-ring (bicyclic) bond motifs is 1. The van der Waals surface area contributed by atoms with Crippen molar-refractivity contribution in [3.8, 4) is 5.75 Å². The maximum Gasteiger partial charge on any atom is 0.308 e. The Morgan fingerprint density at radius 2 is 2.24 bits per heavy atom. The molecule has 1 aromatic heterocycles. The fourth-order valence-corrected chi connectivity index (χ4v) is 3.06. The first kappa shape index (κ1) is 13.7. The first-order chi connectivity index (χ1) is 10.1. The van der Waals surface area contributed by atoms with Crippen LogP contribution in [-0.2, 0) is 4.79 Å². The summed E-state index contributed by atoms with van der Waals surface area (Å²) in [5.74, 6) is 0.538. The molecule has 3 rings (SSSR count). The standard InChI is InChI=1S/C16H18N2O3/c1-10-13(16(19)20)6-8-18(10)15-14-9-12(21-2)4-3-11(14)5-7-17-15/h3-5,7,9-10,13H,6,8H2,1-2H3,(H,19,20). The fraction of sp³-hybridized carbons (Fsp3) is 0.375. The minimum Gasteiger partial charge on any atom is -0.497 e. The molecule has 0 radical (unpaired) electrons. The molecule has 1 saturated heterocycles. The Kier molecular flexibility index (Phi) is 3.41. The summed E-state index contributed by atoms with van der Waals surface area (Å²) in [6, 6.07) is 7.76. The van der Waals surface area contributed by atoms with E-state index < -0.39 is 5.97 Å². The fourth-order valence-electron chi connectivity index (χ4n) is 3.06. The van der Waals surface area contributed by atoms with Crippen molar-refractivity contribution in [1.82, 2.24) is 4.98 Å². The largest absolute Gasteiger partial charge is 0.497 e. The molecule has 2 unspecified atom stereocenters. The molecule has 1 aromatic carbocycles. The molecule has 0 amide bonds. The number of aromatic nitrogens is 1. The van der Waals surface area contributed by atoms with E-state index in [9.17, 15) is 9.90 Å². The van der Waals surface area contributed by atoms with Crippen LogP contribution in [0.15, 0.2) is 30.5 Å². The number of hydrogen-bond donors (Lipinski definition) is 1. The molecule has 5 heteroatoms. The van der Waals surface area contributed by atoms with Crippen molar-refractivity contribution in [3.63, 3.8) is 0 Å². The van der Waals surface area contributed by atoms with Crippen LogP contribution in [-0.4, -0.2) is 35.8 Å². The third-order valence-corrected chi connectivity index (χ3v) is 4.30. The van der Waals surface area contributed by atoms with Gasteiger partial charge in [0.2, 0.25) is 0 Å². The van der Waals surface area contributed by atoms with Gasteiger partial charge in [0.05, 0.1) is 13.0 Å². The topological polar surface area (TPSA) is 62.7 Å². The molecule has 21 heavy (non-hydrogen) atoms. The normalized spacial score (nSPS) is 21.7. The zero-order chi connectivity index (χ0) is 15.0. The van der Waals surface area contributed by atoms with Crippen molar-refractivity contribution in [3.05, 3.63) is 30.5 Å². The van der Waals surface area contributed by atoms with Crippen LogP contribution in [0.2, 0.25) is 0 Å². The van der Waals surface area contributed by atoms with Gasteiger partial charge in [-0.1, -0.05) is 6.07 Å². The van der Waals surface area contributed by atoms with E-state index in [2.05, 4.69) is 9.88 Å². The second-order valence-corrected chi connectivity index (χ2v) is 5.39. The number of benzene rings is 1. The Balaban J connectivity index is 2.06. The molecule has 1 aliphatic rings. The first-order valence-corrected chi connectivity index (χ1v) is 7.04. The summed E-state index contributed by atoms with van der Waals surface area (Å²) in [6.07, 6.45) is 2.42. The minimum atomic E-state index is -0.734. The van der Waals surface area contributed by atoms with Crippen LogP contribution in [0.3, 0.4) is 0 Å². The van der Waals surface area contributed by atoms with Gasteiger partial charge in [-0.25, -0.2) is 4.98 Å². The monoisotopic (exact) mass is 286 g/mol. The quantitative estimate of drug-likeness (QED) is 0.939. The van der Waals surface area contributed by atoms with Gasteiger partial charge in [-0.2, -0.15) is 0 Å². The number of pyridine rings is 1. The third-order valence-electron chi connectivity index (χ3n) is 4.30. The van der Waals surface area contributed by atoms with Crippen LogP contribution in [0, 0.1) is 5.92 Å². The molecule has 2 aromatic rings. The van der Waals surface area contributed by atoms with Gasteiger partial charge in [0.25, 0.3) is 0 Å². The highest BCUT2D eigenvalue weighted by Gasteiger charge is 2.36. The van der Waals surface area contributed by atoms with Gasteiger partial charge in [0, 0.05) is 24.2 Å². The van der Waals surface area contributed by atoms with E-state index in [1.165, 1.54) is 0 Å².